The predicted molar refractivity (Wildman–Crippen MR) is 162 cm³/mol. The molecule has 0 radical (unpaired) electrons. The van der Waals surface area contributed by atoms with Crippen LogP contribution in [-0.2, 0) is 16.4 Å². The fraction of sp³-hybridized carbons (Fsp3) is 0.375. The lowest BCUT2D eigenvalue weighted by molar-refractivity contribution is 0.0967. The SMILES string of the molecule is O=C(NS(=O)(=O)CCO)c1ccc(-c2ccc(CCN(C[C@@H](O)c3ccccc3)C(=O)O)cc2)cc1OC1CCCCC1. The zero-order chi connectivity index (χ0) is 30.8. The van der Waals surface area contributed by atoms with Gasteiger partial charge in [0.1, 0.15) is 5.75 Å². The second-order valence-electron chi connectivity index (χ2n) is 10.7. The van der Waals surface area contributed by atoms with Gasteiger partial charge in [-0.3, -0.25) is 4.79 Å². The third-order valence-electron chi connectivity index (χ3n) is 7.49. The molecule has 0 aromatic heterocycles. The smallest absolute Gasteiger partial charge is 0.407 e. The number of sulfonamides is 1. The highest BCUT2D eigenvalue weighted by atomic mass is 32.2. The lowest BCUT2D eigenvalue weighted by atomic mass is 9.97. The van der Waals surface area contributed by atoms with Crippen LogP contribution in [0.1, 0.15) is 59.7 Å². The molecule has 0 spiro atoms. The Bertz CT molecular complexity index is 1470. The van der Waals surface area contributed by atoms with Gasteiger partial charge in [-0.05, 0) is 66.5 Å². The number of nitrogens with zero attached hydrogens (tertiary/aromatic N) is 1. The molecule has 0 aliphatic heterocycles. The van der Waals surface area contributed by atoms with Gasteiger partial charge < -0.3 is 25.0 Å². The molecule has 230 valence electrons. The summed E-state index contributed by atoms with van der Waals surface area (Å²) in [6, 6.07) is 21.5. The van der Waals surface area contributed by atoms with Gasteiger partial charge in [-0.25, -0.2) is 17.9 Å². The van der Waals surface area contributed by atoms with Crippen molar-refractivity contribution >= 4 is 22.0 Å². The lowest BCUT2D eigenvalue weighted by Gasteiger charge is -2.24. The Hall–Kier alpha value is -3.93. The first-order chi connectivity index (χ1) is 20.6. The molecule has 0 heterocycles. The van der Waals surface area contributed by atoms with Gasteiger partial charge in [-0.2, -0.15) is 0 Å². The van der Waals surface area contributed by atoms with E-state index in [9.17, 15) is 28.2 Å². The Morgan fingerprint density at radius 1 is 0.953 bits per heavy atom. The van der Waals surface area contributed by atoms with E-state index >= 15 is 0 Å². The van der Waals surface area contributed by atoms with Crippen LogP contribution in [0, 0.1) is 0 Å². The summed E-state index contributed by atoms with van der Waals surface area (Å²) in [4.78, 5) is 25.9. The Morgan fingerprint density at radius 3 is 2.28 bits per heavy atom. The summed E-state index contributed by atoms with van der Waals surface area (Å²) in [5.41, 5.74) is 3.27. The van der Waals surface area contributed by atoms with Crippen LogP contribution in [0.15, 0.2) is 72.8 Å². The van der Waals surface area contributed by atoms with Gasteiger partial charge in [0.25, 0.3) is 5.91 Å². The molecule has 2 amide bonds. The van der Waals surface area contributed by atoms with E-state index in [-0.39, 0.29) is 24.8 Å². The molecule has 1 atom stereocenters. The van der Waals surface area contributed by atoms with Crippen molar-refractivity contribution in [3.05, 3.63) is 89.5 Å². The Balaban J connectivity index is 1.48. The van der Waals surface area contributed by atoms with Crippen molar-refractivity contribution in [2.24, 2.45) is 0 Å². The molecule has 0 saturated heterocycles. The minimum absolute atomic E-state index is 0.0393. The van der Waals surface area contributed by atoms with E-state index in [0.29, 0.717) is 17.7 Å². The number of amides is 2. The zero-order valence-electron chi connectivity index (χ0n) is 23.9. The van der Waals surface area contributed by atoms with Crippen molar-refractivity contribution in [2.45, 2.75) is 50.7 Å². The highest BCUT2D eigenvalue weighted by Crippen LogP contribution is 2.31. The molecule has 1 saturated carbocycles. The van der Waals surface area contributed by atoms with E-state index < -0.39 is 40.5 Å². The fourth-order valence-electron chi connectivity index (χ4n) is 5.10. The number of aliphatic hydroxyl groups is 2. The average molecular weight is 611 g/mol. The summed E-state index contributed by atoms with van der Waals surface area (Å²) in [6.45, 7) is -0.434. The Labute approximate surface area is 252 Å². The van der Waals surface area contributed by atoms with E-state index in [1.54, 1.807) is 36.4 Å². The number of aliphatic hydroxyl groups excluding tert-OH is 2. The normalized spacial score (nSPS) is 14.6. The molecule has 3 aromatic carbocycles. The van der Waals surface area contributed by atoms with Crippen molar-refractivity contribution in [2.75, 3.05) is 25.4 Å². The number of hydrogen-bond donors (Lipinski definition) is 4. The second-order valence-corrected chi connectivity index (χ2v) is 12.5. The first kappa shape index (κ1) is 32.0. The van der Waals surface area contributed by atoms with Crippen LogP contribution in [0.4, 0.5) is 4.79 Å². The van der Waals surface area contributed by atoms with Crippen LogP contribution in [0.3, 0.4) is 0 Å². The number of rotatable bonds is 13. The highest BCUT2D eigenvalue weighted by Gasteiger charge is 2.23. The van der Waals surface area contributed by atoms with Crippen LogP contribution >= 0.6 is 0 Å². The third-order valence-corrected chi connectivity index (χ3v) is 8.70. The Kier molecular flexibility index (Phi) is 11.2. The molecule has 4 N–H and O–H groups in total. The summed E-state index contributed by atoms with van der Waals surface area (Å²) < 4.78 is 32.4. The van der Waals surface area contributed by atoms with Gasteiger partial charge >= 0.3 is 6.09 Å². The molecular weight excluding hydrogens is 572 g/mol. The topological polar surface area (TPSA) is 153 Å². The molecule has 0 bridgehead atoms. The fourth-order valence-corrected chi connectivity index (χ4v) is 5.83. The van der Waals surface area contributed by atoms with E-state index in [4.69, 9.17) is 9.84 Å². The summed E-state index contributed by atoms with van der Waals surface area (Å²) in [7, 11) is -3.99. The van der Waals surface area contributed by atoms with Gasteiger partial charge in [-0.15, -0.1) is 0 Å². The number of nitrogens with one attached hydrogen (secondary N) is 1. The van der Waals surface area contributed by atoms with Gasteiger partial charge in [-0.1, -0.05) is 67.1 Å². The predicted octanol–water partition coefficient (Wildman–Crippen LogP) is 4.37. The summed E-state index contributed by atoms with van der Waals surface area (Å²) in [5, 5.41) is 29.1. The maximum atomic E-state index is 12.9. The maximum absolute atomic E-state index is 12.9. The molecule has 4 rings (SSSR count). The zero-order valence-corrected chi connectivity index (χ0v) is 24.7. The average Bonchev–Trinajstić information content (AvgIpc) is 3.00. The van der Waals surface area contributed by atoms with Crippen LogP contribution in [-0.4, -0.2) is 72.2 Å². The lowest BCUT2D eigenvalue weighted by Crippen LogP contribution is -2.35. The quantitative estimate of drug-likeness (QED) is 0.223. The summed E-state index contributed by atoms with van der Waals surface area (Å²) in [6.07, 6.45) is 3.18. The summed E-state index contributed by atoms with van der Waals surface area (Å²) >= 11 is 0. The molecule has 1 fully saturated rings. The number of carboxylic acid groups (broad SMARTS) is 1. The van der Waals surface area contributed by atoms with Gasteiger partial charge in [0.05, 0.1) is 36.7 Å². The van der Waals surface area contributed by atoms with Crippen molar-refractivity contribution in [3.63, 3.8) is 0 Å². The van der Waals surface area contributed by atoms with E-state index in [1.165, 1.54) is 11.0 Å². The number of ether oxygens (including phenoxy) is 1. The van der Waals surface area contributed by atoms with Gasteiger partial charge in [0.2, 0.25) is 10.0 Å². The highest BCUT2D eigenvalue weighted by molar-refractivity contribution is 7.90. The first-order valence-electron chi connectivity index (χ1n) is 14.4. The number of carbonyl (C=O) groups excluding carboxylic acids is 1. The number of carbonyl (C=O) groups is 2. The van der Waals surface area contributed by atoms with Crippen LogP contribution < -0.4 is 9.46 Å². The Morgan fingerprint density at radius 2 is 1.63 bits per heavy atom. The van der Waals surface area contributed by atoms with Crippen molar-refractivity contribution in [3.8, 4) is 16.9 Å². The second kappa shape index (κ2) is 15.0. The molecule has 3 aromatic rings. The largest absolute Gasteiger partial charge is 0.490 e. The molecule has 1 aliphatic rings. The summed E-state index contributed by atoms with van der Waals surface area (Å²) in [5.74, 6) is -1.11. The van der Waals surface area contributed by atoms with Crippen molar-refractivity contribution < 1.29 is 38.1 Å². The van der Waals surface area contributed by atoms with E-state index in [1.807, 2.05) is 35.1 Å². The van der Waals surface area contributed by atoms with Crippen LogP contribution in [0.25, 0.3) is 11.1 Å². The first-order valence-corrected chi connectivity index (χ1v) is 16.1. The van der Waals surface area contributed by atoms with Crippen molar-refractivity contribution in [1.29, 1.82) is 0 Å². The molecule has 10 nitrogen and oxygen atoms in total. The minimum atomic E-state index is -3.99. The molecular formula is C32H38N2O8S. The van der Waals surface area contributed by atoms with Gasteiger partial charge in [0.15, 0.2) is 0 Å². The number of hydrogen-bond acceptors (Lipinski definition) is 7. The molecule has 1 aliphatic carbocycles. The van der Waals surface area contributed by atoms with Crippen molar-refractivity contribution in [1.82, 2.24) is 9.62 Å². The van der Waals surface area contributed by atoms with E-state index in [2.05, 4.69) is 0 Å². The van der Waals surface area contributed by atoms with Gasteiger partial charge in [0, 0.05) is 6.54 Å². The molecule has 0 unspecified atom stereocenters. The van der Waals surface area contributed by atoms with E-state index in [0.717, 1.165) is 48.8 Å². The minimum Gasteiger partial charge on any atom is -0.490 e. The van der Waals surface area contributed by atoms with Crippen LogP contribution in [0.5, 0.6) is 5.75 Å². The van der Waals surface area contributed by atoms with Crippen LogP contribution in [0.2, 0.25) is 0 Å². The monoisotopic (exact) mass is 610 g/mol. The third kappa shape index (κ3) is 9.28. The molecule has 43 heavy (non-hydrogen) atoms. The molecule has 11 heteroatoms. The standard InChI is InChI=1S/C32H38N2O8S/c35-19-20-43(40,41)33-31(37)28-16-15-26(21-30(28)42-27-9-5-2-6-10-27)24-13-11-23(12-14-24)17-18-34(32(38)39)22-29(36)25-7-3-1-4-8-25/h1,3-4,7-8,11-16,21,27,29,35-36H,2,5-6,9-10,17-20,22H2,(H,33,37)(H,38,39)/t29-/m1/s1. The number of benzene rings is 3. The maximum Gasteiger partial charge on any atom is 0.407 e.